The van der Waals surface area contributed by atoms with E-state index in [1.54, 1.807) is 0 Å². The molecule has 0 bridgehead atoms. The highest BCUT2D eigenvalue weighted by Crippen LogP contribution is 2.30. The molecular weight excluding hydrogens is 268 g/mol. The average molecular weight is 288 g/mol. The second kappa shape index (κ2) is 6.10. The van der Waals surface area contributed by atoms with Gasteiger partial charge in [0.15, 0.2) is 0 Å². The Hall–Kier alpha value is -1.14. The van der Waals surface area contributed by atoms with E-state index in [1.165, 1.54) is 16.7 Å². The third-order valence-electron chi connectivity index (χ3n) is 4.02. The van der Waals surface area contributed by atoms with Gasteiger partial charge in [0.05, 0.1) is 11.6 Å². The standard InChI is InChI=1S/C15H20N4S/c1-19-8-9-20-10-14(19)15(18-16)12-4-2-6-13-11(12)5-3-7-17-13/h2-7,14-15,18H,8-10,16H2,1H3. The Kier molecular flexibility index (Phi) is 4.21. The van der Waals surface area contributed by atoms with Gasteiger partial charge in [-0.1, -0.05) is 18.2 Å². The summed E-state index contributed by atoms with van der Waals surface area (Å²) in [5, 5.41) is 1.18. The number of hydrogen-bond donors (Lipinski definition) is 2. The quantitative estimate of drug-likeness (QED) is 0.666. The van der Waals surface area contributed by atoms with Crippen molar-refractivity contribution in [3.05, 3.63) is 42.1 Å². The van der Waals surface area contributed by atoms with Gasteiger partial charge in [0.2, 0.25) is 0 Å². The third-order valence-corrected chi connectivity index (χ3v) is 5.07. The van der Waals surface area contributed by atoms with Gasteiger partial charge in [0.1, 0.15) is 0 Å². The maximum atomic E-state index is 5.88. The number of hydrogen-bond acceptors (Lipinski definition) is 5. The van der Waals surface area contributed by atoms with Crippen LogP contribution in [0.3, 0.4) is 0 Å². The number of thioether (sulfide) groups is 1. The molecule has 0 aliphatic carbocycles. The minimum absolute atomic E-state index is 0.126. The van der Waals surface area contributed by atoms with Crippen LogP contribution in [0.15, 0.2) is 36.5 Å². The molecule has 0 spiro atoms. The largest absolute Gasteiger partial charge is 0.300 e. The lowest BCUT2D eigenvalue weighted by Gasteiger charge is -2.38. The van der Waals surface area contributed by atoms with Gasteiger partial charge < -0.3 is 0 Å². The molecule has 1 aliphatic rings. The van der Waals surface area contributed by atoms with E-state index >= 15 is 0 Å². The highest BCUT2D eigenvalue weighted by molar-refractivity contribution is 7.99. The van der Waals surface area contributed by atoms with E-state index in [-0.39, 0.29) is 6.04 Å². The molecule has 106 valence electrons. The van der Waals surface area contributed by atoms with Gasteiger partial charge in [-0.2, -0.15) is 11.8 Å². The van der Waals surface area contributed by atoms with Gasteiger partial charge in [-0.05, 0) is 24.7 Å². The average Bonchev–Trinajstić information content (AvgIpc) is 2.50. The van der Waals surface area contributed by atoms with Crippen molar-refractivity contribution in [3.8, 4) is 0 Å². The van der Waals surface area contributed by atoms with Crippen molar-refractivity contribution in [2.75, 3.05) is 25.1 Å². The van der Waals surface area contributed by atoms with Crippen LogP contribution in [-0.2, 0) is 0 Å². The summed E-state index contributed by atoms with van der Waals surface area (Å²) in [6.45, 7) is 1.11. The zero-order valence-corrected chi connectivity index (χ0v) is 12.4. The predicted octanol–water partition coefficient (Wildman–Crippen LogP) is 1.79. The van der Waals surface area contributed by atoms with Crippen molar-refractivity contribution < 1.29 is 0 Å². The summed E-state index contributed by atoms with van der Waals surface area (Å²) in [6, 6.07) is 10.9. The minimum atomic E-state index is 0.126. The van der Waals surface area contributed by atoms with Gasteiger partial charge in [-0.3, -0.25) is 21.2 Å². The number of nitrogens with one attached hydrogen (secondary N) is 1. The molecule has 2 atom stereocenters. The van der Waals surface area contributed by atoms with Crippen LogP contribution in [-0.4, -0.2) is 41.0 Å². The molecule has 2 aromatic rings. The maximum Gasteiger partial charge on any atom is 0.0705 e. The van der Waals surface area contributed by atoms with Gasteiger partial charge in [0.25, 0.3) is 0 Å². The normalized spacial score (nSPS) is 22.0. The van der Waals surface area contributed by atoms with Gasteiger partial charge in [-0.25, -0.2) is 0 Å². The summed E-state index contributed by atoms with van der Waals surface area (Å²) < 4.78 is 0. The number of hydrazine groups is 1. The Bertz CT molecular complexity index is 584. The lowest BCUT2D eigenvalue weighted by atomic mass is 9.96. The van der Waals surface area contributed by atoms with Crippen LogP contribution in [0.1, 0.15) is 11.6 Å². The summed E-state index contributed by atoms with van der Waals surface area (Å²) in [5.74, 6) is 8.18. The first-order valence-corrected chi connectivity index (χ1v) is 8.04. The van der Waals surface area contributed by atoms with E-state index in [0.717, 1.165) is 17.8 Å². The van der Waals surface area contributed by atoms with E-state index < -0.39 is 0 Å². The maximum absolute atomic E-state index is 5.88. The van der Waals surface area contributed by atoms with Crippen molar-refractivity contribution in [1.29, 1.82) is 0 Å². The molecule has 3 N–H and O–H groups in total. The van der Waals surface area contributed by atoms with Crippen LogP contribution in [0.25, 0.3) is 10.9 Å². The lowest BCUT2D eigenvalue weighted by Crippen LogP contribution is -2.49. The van der Waals surface area contributed by atoms with Crippen LogP contribution in [0.5, 0.6) is 0 Å². The van der Waals surface area contributed by atoms with Gasteiger partial charge in [-0.15, -0.1) is 0 Å². The zero-order valence-electron chi connectivity index (χ0n) is 11.6. The van der Waals surface area contributed by atoms with Gasteiger partial charge >= 0.3 is 0 Å². The summed E-state index contributed by atoms with van der Waals surface area (Å²) in [6.07, 6.45) is 1.83. The minimum Gasteiger partial charge on any atom is -0.300 e. The third kappa shape index (κ3) is 2.54. The summed E-state index contributed by atoms with van der Waals surface area (Å²) >= 11 is 2.00. The van der Waals surface area contributed by atoms with Crippen molar-refractivity contribution >= 4 is 22.7 Å². The number of aromatic nitrogens is 1. The summed E-state index contributed by atoms with van der Waals surface area (Å²) in [5.41, 5.74) is 5.29. The Morgan fingerprint density at radius 3 is 3.10 bits per heavy atom. The molecular formula is C15H20N4S. The van der Waals surface area contributed by atoms with Crippen molar-refractivity contribution in [2.45, 2.75) is 12.1 Å². The SMILES string of the molecule is CN1CCSCC1C(NN)c1cccc2ncccc12. The Labute approximate surface area is 123 Å². The first-order chi connectivity index (χ1) is 9.81. The number of fused-ring (bicyclic) bond motifs is 1. The zero-order chi connectivity index (χ0) is 13.9. The molecule has 20 heavy (non-hydrogen) atoms. The molecule has 0 saturated carbocycles. The Balaban J connectivity index is 2.02. The van der Waals surface area contributed by atoms with E-state index in [1.807, 2.05) is 30.1 Å². The molecule has 0 radical (unpaired) electrons. The van der Waals surface area contributed by atoms with E-state index in [2.05, 4.69) is 40.6 Å². The highest BCUT2D eigenvalue weighted by Gasteiger charge is 2.29. The molecule has 1 aromatic heterocycles. The second-order valence-corrected chi connectivity index (χ2v) is 6.33. The number of likely N-dealkylation sites (N-methyl/N-ethyl adjacent to an activating group) is 1. The first kappa shape index (κ1) is 13.8. The molecule has 1 fully saturated rings. The van der Waals surface area contributed by atoms with Crippen molar-refractivity contribution in [3.63, 3.8) is 0 Å². The molecule has 0 amide bonds. The predicted molar refractivity (Wildman–Crippen MR) is 85.6 cm³/mol. The van der Waals surface area contributed by atoms with Crippen LogP contribution < -0.4 is 11.3 Å². The first-order valence-electron chi connectivity index (χ1n) is 6.89. The fourth-order valence-electron chi connectivity index (χ4n) is 2.86. The van der Waals surface area contributed by atoms with Crippen LogP contribution >= 0.6 is 11.8 Å². The highest BCUT2D eigenvalue weighted by atomic mass is 32.2. The molecule has 5 heteroatoms. The number of pyridine rings is 1. The fraction of sp³-hybridized carbons (Fsp3) is 0.400. The number of rotatable bonds is 3. The molecule has 1 saturated heterocycles. The monoisotopic (exact) mass is 288 g/mol. The van der Waals surface area contributed by atoms with E-state index in [9.17, 15) is 0 Å². The second-order valence-electron chi connectivity index (χ2n) is 5.18. The van der Waals surface area contributed by atoms with Crippen LogP contribution in [0, 0.1) is 0 Å². The molecule has 1 aromatic carbocycles. The number of benzene rings is 1. The lowest BCUT2D eigenvalue weighted by molar-refractivity contribution is 0.217. The van der Waals surface area contributed by atoms with E-state index in [0.29, 0.717) is 6.04 Å². The van der Waals surface area contributed by atoms with Crippen molar-refractivity contribution in [1.82, 2.24) is 15.3 Å². The molecule has 2 heterocycles. The Morgan fingerprint density at radius 1 is 1.40 bits per heavy atom. The van der Waals surface area contributed by atoms with Crippen LogP contribution in [0.2, 0.25) is 0 Å². The Morgan fingerprint density at radius 2 is 2.30 bits per heavy atom. The van der Waals surface area contributed by atoms with E-state index in [4.69, 9.17) is 5.84 Å². The van der Waals surface area contributed by atoms with Gasteiger partial charge in [0, 0.05) is 35.7 Å². The number of nitrogens with two attached hydrogens (primary N) is 1. The van der Waals surface area contributed by atoms with Crippen LogP contribution in [0.4, 0.5) is 0 Å². The molecule has 4 nitrogen and oxygen atoms in total. The molecule has 3 rings (SSSR count). The summed E-state index contributed by atoms with van der Waals surface area (Å²) in [4.78, 5) is 6.83. The molecule has 1 aliphatic heterocycles. The molecule has 2 unspecified atom stereocenters. The number of nitrogens with zero attached hydrogens (tertiary/aromatic N) is 2. The smallest absolute Gasteiger partial charge is 0.0705 e. The summed E-state index contributed by atoms with van der Waals surface area (Å²) in [7, 11) is 2.18. The van der Waals surface area contributed by atoms with Crippen molar-refractivity contribution in [2.24, 2.45) is 5.84 Å². The topological polar surface area (TPSA) is 54.2 Å². The fourth-order valence-corrected chi connectivity index (χ4v) is 4.14.